The molecule has 3 aromatic rings. The third-order valence-electron chi connectivity index (χ3n) is 6.39. The highest BCUT2D eigenvalue weighted by atomic mass is 19.3. The molecule has 1 atom stereocenters. The number of amides is 3. The molecule has 0 saturated heterocycles. The Morgan fingerprint density at radius 3 is 2.51 bits per heavy atom. The number of benzene rings is 2. The van der Waals surface area contributed by atoms with Crippen LogP contribution in [0.4, 0.5) is 19.3 Å². The van der Waals surface area contributed by atoms with Crippen LogP contribution in [0, 0.1) is 5.92 Å². The first kappa shape index (κ1) is 24.4. The Bertz CT molecular complexity index is 1300. The third kappa shape index (κ3) is 5.58. The molecule has 0 spiro atoms. The first-order valence-corrected chi connectivity index (χ1v) is 11.9. The monoisotopic (exact) mass is 505 g/mol. The standard InChI is InChI=1S/C27H25F2N5O3/c1-17-12-24(35)34(14-18-2-8-23(9-3-18)37-26(28)29)32-25(17)19-4-6-22(7-5-19)31-27(36)33-15-20-10-11-30-13-21(20)16-33/h2-11,13,17,26H,12,14-16H2,1H3,(H,31,36). The van der Waals surface area contributed by atoms with Gasteiger partial charge in [-0.2, -0.15) is 13.9 Å². The smallest absolute Gasteiger partial charge is 0.387 e. The number of carbonyl (C=O) groups excluding carboxylic acids is 2. The topological polar surface area (TPSA) is 87.1 Å². The number of hydrogen-bond acceptors (Lipinski definition) is 5. The van der Waals surface area contributed by atoms with Crippen LogP contribution in [0.25, 0.3) is 0 Å². The second kappa shape index (κ2) is 10.3. The molecule has 190 valence electrons. The summed E-state index contributed by atoms with van der Waals surface area (Å²) in [6, 6.07) is 15.3. The van der Waals surface area contributed by atoms with Gasteiger partial charge in [0.05, 0.1) is 12.3 Å². The van der Waals surface area contributed by atoms with E-state index in [4.69, 9.17) is 0 Å². The first-order chi connectivity index (χ1) is 17.9. The minimum absolute atomic E-state index is 0.0555. The summed E-state index contributed by atoms with van der Waals surface area (Å²) >= 11 is 0. The summed E-state index contributed by atoms with van der Waals surface area (Å²) in [5.74, 6) is -0.141. The van der Waals surface area contributed by atoms with Crippen molar-refractivity contribution in [1.82, 2.24) is 14.9 Å². The summed E-state index contributed by atoms with van der Waals surface area (Å²) in [7, 11) is 0. The highest BCUT2D eigenvalue weighted by molar-refractivity contribution is 6.06. The Hall–Kier alpha value is -4.34. The number of nitrogens with one attached hydrogen (secondary N) is 1. The van der Waals surface area contributed by atoms with Crippen molar-refractivity contribution in [3.63, 3.8) is 0 Å². The molecule has 1 N–H and O–H groups in total. The lowest BCUT2D eigenvalue weighted by Crippen LogP contribution is -2.35. The SMILES string of the molecule is CC1CC(=O)N(Cc2ccc(OC(F)F)cc2)N=C1c1ccc(NC(=O)N2Cc3ccncc3C2)cc1. The van der Waals surface area contributed by atoms with E-state index >= 15 is 0 Å². The number of carbonyl (C=O) groups is 2. The summed E-state index contributed by atoms with van der Waals surface area (Å²) in [6.45, 7) is 0.332. The van der Waals surface area contributed by atoms with Crippen molar-refractivity contribution in [2.45, 2.75) is 39.6 Å². The molecule has 0 bridgehead atoms. The summed E-state index contributed by atoms with van der Waals surface area (Å²) in [6.07, 6.45) is 3.81. The van der Waals surface area contributed by atoms with Gasteiger partial charge in [-0.25, -0.2) is 9.80 Å². The average Bonchev–Trinajstić information content (AvgIpc) is 3.32. The van der Waals surface area contributed by atoms with Gasteiger partial charge in [0.25, 0.3) is 0 Å². The van der Waals surface area contributed by atoms with Gasteiger partial charge in [-0.15, -0.1) is 0 Å². The molecule has 0 aliphatic carbocycles. The quantitative estimate of drug-likeness (QED) is 0.511. The zero-order valence-corrected chi connectivity index (χ0v) is 20.1. The predicted octanol–water partition coefficient (Wildman–Crippen LogP) is 5.00. The number of urea groups is 1. The number of aromatic nitrogens is 1. The van der Waals surface area contributed by atoms with Gasteiger partial charge in [0.2, 0.25) is 5.91 Å². The molecule has 37 heavy (non-hydrogen) atoms. The van der Waals surface area contributed by atoms with Gasteiger partial charge in [-0.1, -0.05) is 31.2 Å². The number of fused-ring (bicyclic) bond motifs is 1. The highest BCUT2D eigenvalue weighted by Crippen LogP contribution is 2.25. The molecule has 8 nitrogen and oxygen atoms in total. The Labute approximate surface area is 212 Å². The fourth-order valence-electron chi connectivity index (χ4n) is 4.45. The van der Waals surface area contributed by atoms with Crippen LogP contribution in [0.1, 0.15) is 35.6 Å². The molecule has 0 radical (unpaired) electrons. The number of hydrogen-bond donors (Lipinski definition) is 1. The van der Waals surface area contributed by atoms with Gasteiger partial charge in [-0.3, -0.25) is 9.78 Å². The van der Waals surface area contributed by atoms with E-state index in [0.717, 1.165) is 28.0 Å². The Morgan fingerprint density at radius 1 is 1.08 bits per heavy atom. The Kier molecular flexibility index (Phi) is 6.80. The van der Waals surface area contributed by atoms with Crippen LogP contribution in [0.3, 0.4) is 0 Å². The minimum Gasteiger partial charge on any atom is -0.435 e. The van der Waals surface area contributed by atoms with Crippen LogP contribution in [0.15, 0.2) is 72.1 Å². The Balaban J connectivity index is 1.25. The summed E-state index contributed by atoms with van der Waals surface area (Å²) in [5, 5.41) is 8.93. The van der Waals surface area contributed by atoms with Crippen LogP contribution in [-0.2, 0) is 24.4 Å². The van der Waals surface area contributed by atoms with Crippen LogP contribution < -0.4 is 10.1 Å². The van der Waals surface area contributed by atoms with E-state index < -0.39 is 6.61 Å². The summed E-state index contributed by atoms with van der Waals surface area (Å²) in [4.78, 5) is 31.2. The van der Waals surface area contributed by atoms with Crippen molar-refractivity contribution in [2.75, 3.05) is 5.32 Å². The number of anilines is 1. The second-order valence-electron chi connectivity index (χ2n) is 9.07. The van der Waals surface area contributed by atoms with Crippen LogP contribution in [0.5, 0.6) is 5.75 Å². The molecule has 2 aliphatic heterocycles. The maximum atomic E-state index is 12.7. The molecule has 2 aromatic carbocycles. The van der Waals surface area contributed by atoms with Crippen molar-refractivity contribution in [1.29, 1.82) is 0 Å². The number of ether oxygens (including phenoxy) is 1. The molecule has 3 amide bonds. The van der Waals surface area contributed by atoms with Crippen molar-refractivity contribution in [2.24, 2.45) is 11.0 Å². The molecule has 3 heterocycles. The van der Waals surface area contributed by atoms with Crippen LogP contribution in [-0.4, -0.2) is 39.2 Å². The molecule has 0 fully saturated rings. The molecule has 1 unspecified atom stereocenters. The van der Waals surface area contributed by atoms with Crippen molar-refractivity contribution in [3.8, 4) is 5.75 Å². The van der Waals surface area contributed by atoms with Gasteiger partial charge in [0, 0.05) is 43.5 Å². The maximum Gasteiger partial charge on any atom is 0.387 e. The predicted molar refractivity (Wildman–Crippen MR) is 133 cm³/mol. The maximum absolute atomic E-state index is 12.7. The number of hydrazone groups is 1. The zero-order chi connectivity index (χ0) is 25.9. The third-order valence-corrected chi connectivity index (χ3v) is 6.39. The van der Waals surface area contributed by atoms with Gasteiger partial charge in [0.1, 0.15) is 5.75 Å². The van der Waals surface area contributed by atoms with Crippen molar-refractivity contribution < 1.29 is 23.1 Å². The number of halogens is 2. The molecule has 2 aliphatic rings. The normalized spacial score (nSPS) is 17.0. The number of rotatable bonds is 6. The van der Waals surface area contributed by atoms with Crippen molar-refractivity contribution in [3.05, 3.63) is 89.2 Å². The van der Waals surface area contributed by atoms with E-state index in [1.165, 1.54) is 17.1 Å². The number of alkyl halides is 2. The molecule has 5 rings (SSSR count). The minimum atomic E-state index is -2.89. The second-order valence-corrected chi connectivity index (χ2v) is 9.07. The largest absolute Gasteiger partial charge is 0.435 e. The zero-order valence-electron chi connectivity index (χ0n) is 20.1. The van der Waals surface area contributed by atoms with Gasteiger partial charge in [-0.05, 0) is 52.6 Å². The van der Waals surface area contributed by atoms with Crippen LogP contribution in [0.2, 0.25) is 0 Å². The lowest BCUT2D eigenvalue weighted by molar-refractivity contribution is -0.133. The molecule has 0 saturated carbocycles. The number of pyridine rings is 1. The van der Waals surface area contributed by atoms with E-state index in [1.54, 1.807) is 29.4 Å². The lowest BCUT2D eigenvalue weighted by Gasteiger charge is -2.28. The van der Waals surface area contributed by atoms with E-state index in [1.807, 2.05) is 37.3 Å². The average molecular weight is 506 g/mol. The molecule has 10 heteroatoms. The van der Waals surface area contributed by atoms with E-state index in [-0.39, 0.29) is 30.2 Å². The summed E-state index contributed by atoms with van der Waals surface area (Å²) in [5.41, 5.74) is 5.16. The van der Waals surface area contributed by atoms with E-state index in [9.17, 15) is 18.4 Å². The Morgan fingerprint density at radius 2 is 1.81 bits per heavy atom. The van der Waals surface area contributed by atoms with E-state index in [0.29, 0.717) is 25.2 Å². The fourth-order valence-corrected chi connectivity index (χ4v) is 4.45. The first-order valence-electron chi connectivity index (χ1n) is 11.9. The lowest BCUT2D eigenvalue weighted by atomic mass is 9.93. The van der Waals surface area contributed by atoms with Gasteiger partial charge >= 0.3 is 12.6 Å². The molecular formula is C27H25F2N5O3. The molecular weight excluding hydrogens is 480 g/mol. The fraction of sp³-hybridized carbons (Fsp3) is 0.259. The van der Waals surface area contributed by atoms with Gasteiger partial charge in [0.15, 0.2) is 0 Å². The number of nitrogens with zero attached hydrogens (tertiary/aromatic N) is 4. The highest BCUT2D eigenvalue weighted by Gasteiger charge is 2.28. The molecule has 1 aromatic heterocycles. The van der Waals surface area contributed by atoms with Crippen LogP contribution >= 0.6 is 0 Å². The summed E-state index contributed by atoms with van der Waals surface area (Å²) < 4.78 is 29.1. The van der Waals surface area contributed by atoms with Crippen molar-refractivity contribution >= 4 is 23.3 Å². The van der Waals surface area contributed by atoms with E-state index in [2.05, 4.69) is 20.1 Å². The van der Waals surface area contributed by atoms with Gasteiger partial charge < -0.3 is 15.0 Å².